The van der Waals surface area contributed by atoms with Crippen LogP contribution in [-0.4, -0.2) is 16.0 Å². The van der Waals surface area contributed by atoms with Crippen molar-refractivity contribution >= 4 is 0 Å². The lowest BCUT2D eigenvalue weighted by Gasteiger charge is -2.45. The Bertz CT molecular complexity index is 404. The standard InChI is InChI=1S/C16H27N3/c1-12-8-18-14(9-17-12)10-19-13-6-15(2,3)11-16(4,5)7-13/h8-9,13,19H,6-7,10-11H2,1-5H3. The number of aromatic nitrogens is 2. The number of hydrogen-bond acceptors (Lipinski definition) is 3. The summed E-state index contributed by atoms with van der Waals surface area (Å²) in [4.78, 5) is 8.71. The van der Waals surface area contributed by atoms with Crippen molar-refractivity contribution in [3.63, 3.8) is 0 Å². The molecule has 3 heteroatoms. The van der Waals surface area contributed by atoms with Crippen LogP contribution in [-0.2, 0) is 6.54 Å². The van der Waals surface area contributed by atoms with Crippen molar-refractivity contribution in [1.29, 1.82) is 0 Å². The molecule has 1 N–H and O–H groups in total. The number of nitrogens with zero attached hydrogens (tertiary/aromatic N) is 2. The van der Waals surface area contributed by atoms with Crippen molar-refractivity contribution in [3.05, 3.63) is 23.8 Å². The maximum absolute atomic E-state index is 4.41. The summed E-state index contributed by atoms with van der Waals surface area (Å²) >= 11 is 0. The zero-order chi connectivity index (χ0) is 14.1. The fourth-order valence-corrected chi connectivity index (χ4v) is 3.75. The molecule has 0 unspecified atom stereocenters. The second kappa shape index (κ2) is 5.20. The Hall–Kier alpha value is -0.960. The third kappa shape index (κ3) is 4.27. The minimum Gasteiger partial charge on any atom is -0.308 e. The summed E-state index contributed by atoms with van der Waals surface area (Å²) in [6.45, 7) is 12.3. The van der Waals surface area contributed by atoms with E-state index in [4.69, 9.17) is 0 Å². The van der Waals surface area contributed by atoms with Gasteiger partial charge in [-0.25, -0.2) is 0 Å². The zero-order valence-electron chi connectivity index (χ0n) is 13.0. The Balaban J connectivity index is 1.93. The lowest BCUT2D eigenvalue weighted by Crippen LogP contribution is -2.43. The van der Waals surface area contributed by atoms with Crippen molar-refractivity contribution in [3.8, 4) is 0 Å². The van der Waals surface area contributed by atoms with Crippen LogP contribution in [0.25, 0.3) is 0 Å². The van der Waals surface area contributed by atoms with Crippen molar-refractivity contribution < 1.29 is 0 Å². The van der Waals surface area contributed by atoms with Gasteiger partial charge in [0.05, 0.1) is 11.4 Å². The first kappa shape index (κ1) is 14.4. The lowest BCUT2D eigenvalue weighted by molar-refractivity contribution is 0.0843. The highest BCUT2D eigenvalue weighted by Gasteiger charge is 2.38. The quantitative estimate of drug-likeness (QED) is 0.905. The van der Waals surface area contributed by atoms with Crippen molar-refractivity contribution in [2.24, 2.45) is 10.8 Å². The van der Waals surface area contributed by atoms with E-state index in [0.717, 1.165) is 17.9 Å². The molecule has 106 valence electrons. The van der Waals surface area contributed by atoms with Crippen molar-refractivity contribution in [2.75, 3.05) is 0 Å². The molecule has 0 aromatic carbocycles. The molecule has 1 aromatic heterocycles. The Morgan fingerprint density at radius 3 is 2.26 bits per heavy atom. The first-order valence-electron chi connectivity index (χ1n) is 7.27. The van der Waals surface area contributed by atoms with E-state index < -0.39 is 0 Å². The van der Waals surface area contributed by atoms with Gasteiger partial charge in [0.2, 0.25) is 0 Å². The van der Waals surface area contributed by atoms with E-state index in [1.54, 1.807) is 0 Å². The van der Waals surface area contributed by atoms with Crippen LogP contribution in [0.15, 0.2) is 12.4 Å². The number of rotatable bonds is 3. The summed E-state index contributed by atoms with van der Waals surface area (Å²) in [7, 11) is 0. The van der Waals surface area contributed by atoms with Gasteiger partial charge >= 0.3 is 0 Å². The van der Waals surface area contributed by atoms with E-state index in [1.165, 1.54) is 19.3 Å². The van der Waals surface area contributed by atoms with E-state index in [1.807, 2.05) is 19.3 Å². The van der Waals surface area contributed by atoms with Gasteiger partial charge in [0, 0.05) is 25.0 Å². The Morgan fingerprint density at radius 2 is 1.74 bits per heavy atom. The molecule has 0 bridgehead atoms. The Morgan fingerprint density at radius 1 is 1.11 bits per heavy atom. The van der Waals surface area contributed by atoms with Crippen LogP contribution in [0.2, 0.25) is 0 Å². The van der Waals surface area contributed by atoms with Crippen LogP contribution in [0.4, 0.5) is 0 Å². The largest absolute Gasteiger partial charge is 0.308 e. The van der Waals surface area contributed by atoms with Crippen LogP contribution >= 0.6 is 0 Å². The van der Waals surface area contributed by atoms with Gasteiger partial charge in [-0.2, -0.15) is 0 Å². The molecule has 0 spiro atoms. The predicted octanol–water partition coefficient (Wildman–Crippen LogP) is 3.48. The minimum atomic E-state index is 0.429. The highest BCUT2D eigenvalue weighted by molar-refractivity contribution is 5.01. The fourth-order valence-electron chi connectivity index (χ4n) is 3.75. The van der Waals surface area contributed by atoms with Crippen LogP contribution in [0.1, 0.15) is 58.3 Å². The number of aryl methyl sites for hydroxylation is 1. The van der Waals surface area contributed by atoms with E-state index >= 15 is 0 Å². The lowest BCUT2D eigenvalue weighted by atomic mass is 9.63. The molecule has 0 amide bonds. The third-order valence-electron chi connectivity index (χ3n) is 3.96. The molecular formula is C16H27N3. The average molecular weight is 261 g/mol. The molecule has 0 atom stereocenters. The molecule has 1 fully saturated rings. The van der Waals surface area contributed by atoms with Gasteiger partial charge in [0.15, 0.2) is 0 Å². The monoisotopic (exact) mass is 261 g/mol. The normalized spacial score (nSPS) is 22.4. The Labute approximate surface area is 117 Å². The number of hydrogen-bond donors (Lipinski definition) is 1. The smallest absolute Gasteiger partial charge is 0.0724 e. The van der Waals surface area contributed by atoms with Gasteiger partial charge in [-0.3, -0.25) is 9.97 Å². The second-order valence-corrected chi connectivity index (χ2v) is 7.64. The number of nitrogens with one attached hydrogen (secondary N) is 1. The molecule has 0 radical (unpaired) electrons. The highest BCUT2D eigenvalue weighted by atomic mass is 14.9. The molecule has 1 aromatic rings. The molecular weight excluding hydrogens is 234 g/mol. The average Bonchev–Trinajstić information content (AvgIpc) is 2.24. The van der Waals surface area contributed by atoms with E-state index in [9.17, 15) is 0 Å². The second-order valence-electron chi connectivity index (χ2n) is 7.64. The predicted molar refractivity (Wildman–Crippen MR) is 78.8 cm³/mol. The minimum absolute atomic E-state index is 0.429. The van der Waals surface area contributed by atoms with Gasteiger partial charge in [0.1, 0.15) is 0 Å². The Kier molecular flexibility index (Phi) is 3.95. The summed E-state index contributed by atoms with van der Waals surface area (Å²) in [5.41, 5.74) is 2.87. The van der Waals surface area contributed by atoms with Crippen molar-refractivity contribution in [1.82, 2.24) is 15.3 Å². The summed E-state index contributed by atoms with van der Waals surface area (Å²) in [6.07, 6.45) is 7.52. The molecule has 1 aliphatic rings. The highest BCUT2D eigenvalue weighted by Crippen LogP contribution is 2.45. The van der Waals surface area contributed by atoms with Gasteiger partial charge in [0.25, 0.3) is 0 Å². The van der Waals surface area contributed by atoms with Gasteiger partial charge in [-0.15, -0.1) is 0 Å². The molecule has 19 heavy (non-hydrogen) atoms. The maximum Gasteiger partial charge on any atom is 0.0724 e. The van der Waals surface area contributed by atoms with E-state index in [0.29, 0.717) is 16.9 Å². The van der Waals surface area contributed by atoms with Crippen LogP contribution in [0.5, 0.6) is 0 Å². The van der Waals surface area contributed by atoms with Crippen LogP contribution < -0.4 is 5.32 Å². The maximum atomic E-state index is 4.41. The molecule has 1 saturated carbocycles. The first-order valence-corrected chi connectivity index (χ1v) is 7.27. The molecule has 3 nitrogen and oxygen atoms in total. The van der Waals surface area contributed by atoms with Gasteiger partial charge < -0.3 is 5.32 Å². The first-order chi connectivity index (χ1) is 8.76. The molecule has 1 aliphatic carbocycles. The SMILES string of the molecule is Cc1cnc(CNC2CC(C)(C)CC(C)(C)C2)cn1. The third-order valence-corrected chi connectivity index (χ3v) is 3.96. The van der Waals surface area contributed by atoms with Crippen molar-refractivity contribution in [2.45, 2.75) is 66.5 Å². The van der Waals surface area contributed by atoms with Gasteiger partial charge in [-0.1, -0.05) is 27.7 Å². The zero-order valence-corrected chi connectivity index (χ0v) is 13.0. The van der Waals surface area contributed by atoms with Crippen LogP contribution in [0.3, 0.4) is 0 Å². The summed E-state index contributed by atoms with van der Waals surface area (Å²) in [6, 6.07) is 0.585. The summed E-state index contributed by atoms with van der Waals surface area (Å²) < 4.78 is 0. The molecule has 2 rings (SSSR count). The molecule has 0 saturated heterocycles. The summed E-state index contributed by atoms with van der Waals surface area (Å²) in [5.74, 6) is 0. The van der Waals surface area contributed by atoms with E-state index in [-0.39, 0.29) is 0 Å². The molecule has 0 aliphatic heterocycles. The topological polar surface area (TPSA) is 37.8 Å². The van der Waals surface area contributed by atoms with Crippen LogP contribution in [0, 0.1) is 17.8 Å². The molecule has 1 heterocycles. The van der Waals surface area contributed by atoms with E-state index in [2.05, 4.69) is 43.0 Å². The van der Waals surface area contributed by atoms with Gasteiger partial charge in [-0.05, 0) is 37.0 Å². The fraction of sp³-hybridized carbons (Fsp3) is 0.750. The summed E-state index contributed by atoms with van der Waals surface area (Å²) in [5, 5.41) is 3.67.